The second kappa shape index (κ2) is 9.04. The van der Waals surface area contributed by atoms with Crippen molar-refractivity contribution >= 4 is 5.91 Å². The highest BCUT2D eigenvalue weighted by molar-refractivity contribution is 5.93. The van der Waals surface area contributed by atoms with Crippen molar-refractivity contribution in [1.29, 1.82) is 0 Å². The third-order valence-electron chi connectivity index (χ3n) is 5.35. The topological polar surface area (TPSA) is 71.6 Å². The van der Waals surface area contributed by atoms with Crippen molar-refractivity contribution in [3.63, 3.8) is 0 Å². The highest BCUT2D eigenvalue weighted by Gasteiger charge is 2.23. The number of hydrogen-bond donors (Lipinski definition) is 1. The predicted octanol–water partition coefficient (Wildman–Crippen LogP) is 3.67. The molecule has 2 aromatic rings. The van der Waals surface area contributed by atoms with E-state index in [0.29, 0.717) is 26.1 Å². The Morgan fingerprint density at radius 3 is 2.70 bits per heavy atom. The Balaban J connectivity index is 1.84. The fourth-order valence-corrected chi connectivity index (χ4v) is 3.70. The molecule has 1 aliphatic rings. The Bertz CT molecular complexity index is 958. The van der Waals surface area contributed by atoms with E-state index in [1.165, 1.54) is 0 Å². The van der Waals surface area contributed by atoms with Crippen molar-refractivity contribution in [2.75, 3.05) is 20.3 Å². The number of carbonyl (C=O) groups is 1. The molecular formula is C24H32N2O4. The van der Waals surface area contributed by atoms with Gasteiger partial charge in [0.1, 0.15) is 17.4 Å². The van der Waals surface area contributed by atoms with Crippen LogP contribution >= 0.6 is 0 Å². The first-order valence-electron chi connectivity index (χ1n) is 10.5. The van der Waals surface area contributed by atoms with Gasteiger partial charge in [0.2, 0.25) is 0 Å². The number of pyridine rings is 1. The largest absolute Gasteiger partial charge is 0.490 e. The van der Waals surface area contributed by atoms with Crippen LogP contribution in [0.2, 0.25) is 0 Å². The molecule has 0 saturated heterocycles. The van der Waals surface area contributed by atoms with Crippen LogP contribution in [0.4, 0.5) is 0 Å². The minimum atomic E-state index is -0.347. The molecule has 2 heterocycles. The Morgan fingerprint density at radius 1 is 1.27 bits per heavy atom. The van der Waals surface area contributed by atoms with E-state index in [4.69, 9.17) is 9.47 Å². The van der Waals surface area contributed by atoms with Gasteiger partial charge in [-0.1, -0.05) is 32.9 Å². The molecule has 162 valence electrons. The molecular weight excluding hydrogens is 380 g/mol. The van der Waals surface area contributed by atoms with Gasteiger partial charge in [-0.3, -0.25) is 9.59 Å². The van der Waals surface area contributed by atoms with Crippen LogP contribution in [0.5, 0.6) is 5.75 Å². The van der Waals surface area contributed by atoms with E-state index in [0.717, 1.165) is 29.0 Å². The van der Waals surface area contributed by atoms with Crippen molar-refractivity contribution in [3.05, 3.63) is 63.1 Å². The number of aromatic amines is 1. The van der Waals surface area contributed by atoms with E-state index in [2.05, 4.69) is 11.1 Å². The zero-order valence-electron chi connectivity index (χ0n) is 18.6. The van der Waals surface area contributed by atoms with Gasteiger partial charge in [-0.25, -0.2) is 0 Å². The molecule has 0 spiro atoms. The zero-order chi connectivity index (χ0) is 21.9. The molecule has 0 bridgehead atoms. The van der Waals surface area contributed by atoms with Crippen LogP contribution in [0.3, 0.4) is 0 Å². The summed E-state index contributed by atoms with van der Waals surface area (Å²) in [7, 11) is 1.64. The molecule has 3 rings (SSSR count). The minimum Gasteiger partial charge on any atom is -0.490 e. The predicted molar refractivity (Wildman–Crippen MR) is 117 cm³/mol. The standard InChI is InChI=1S/C24H32N2O4/c1-16-13-18-14-17(7-9-20(18)30-16)15-26(11-6-12-29-5)23(28)19-8-10-21(24(2,3)4)25-22(19)27/h7-10,14,16H,6,11-13,15H2,1-5H3,(H,25,27)/t16-/m0/s1. The fraction of sp³-hybridized carbons (Fsp3) is 0.500. The molecule has 6 nitrogen and oxygen atoms in total. The molecule has 1 atom stereocenters. The van der Waals surface area contributed by atoms with Gasteiger partial charge in [-0.15, -0.1) is 0 Å². The highest BCUT2D eigenvalue weighted by Crippen LogP contribution is 2.30. The molecule has 0 aliphatic carbocycles. The lowest BCUT2D eigenvalue weighted by molar-refractivity contribution is 0.0721. The van der Waals surface area contributed by atoms with Gasteiger partial charge in [-0.2, -0.15) is 0 Å². The third-order valence-corrected chi connectivity index (χ3v) is 5.35. The minimum absolute atomic E-state index is 0.165. The van der Waals surface area contributed by atoms with Crippen LogP contribution < -0.4 is 10.3 Å². The maximum Gasteiger partial charge on any atom is 0.261 e. The van der Waals surface area contributed by atoms with Crippen molar-refractivity contribution in [2.24, 2.45) is 0 Å². The lowest BCUT2D eigenvalue weighted by atomic mass is 9.91. The van der Waals surface area contributed by atoms with E-state index < -0.39 is 0 Å². The number of rotatable bonds is 7. The summed E-state index contributed by atoms with van der Waals surface area (Å²) in [5.41, 5.74) is 2.63. The van der Waals surface area contributed by atoms with Gasteiger partial charge < -0.3 is 19.4 Å². The summed E-state index contributed by atoms with van der Waals surface area (Å²) in [6.45, 7) is 9.62. The summed E-state index contributed by atoms with van der Waals surface area (Å²) in [4.78, 5) is 30.5. The Morgan fingerprint density at radius 2 is 2.03 bits per heavy atom. The van der Waals surface area contributed by atoms with Crippen molar-refractivity contribution < 1.29 is 14.3 Å². The SMILES string of the molecule is COCCCN(Cc1ccc2c(c1)C[C@H](C)O2)C(=O)c1ccc(C(C)(C)C)[nH]c1=O. The highest BCUT2D eigenvalue weighted by atomic mass is 16.5. The average Bonchev–Trinajstić information content (AvgIpc) is 3.05. The number of benzene rings is 1. The number of hydrogen-bond acceptors (Lipinski definition) is 4. The van der Waals surface area contributed by atoms with Crippen LogP contribution in [0, 0.1) is 0 Å². The van der Waals surface area contributed by atoms with Gasteiger partial charge >= 0.3 is 0 Å². The van der Waals surface area contributed by atoms with Gasteiger partial charge in [0.05, 0.1) is 0 Å². The normalized spacial score (nSPS) is 15.6. The number of aromatic nitrogens is 1. The number of fused-ring (bicyclic) bond motifs is 1. The second-order valence-corrected chi connectivity index (χ2v) is 9.01. The molecule has 1 aromatic carbocycles. The number of nitrogens with one attached hydrogen (secondary N) is 1. The van der Waals surface area contributed by atoms with Gasteiger partial charge in [0, 0.05) is 44.3 Å². The number of nitrogens with zero attached hydrogens (tertiary/aromatic N) is 1. The number of methoxy groups -OCH3 is 1. The van der Waals surface area contributed by atoms with Gasteiger partial charge in [0.25, 0.3) is 11.5 Å². The van der Waals surface area contributed by atoms with Crippen LogP contribution in [0.1, 0.15) is 61.3 Å². The lowest BCUT2D eigenvalue weighted by Gasteiger charge is -2.24. The molecule has 0 saturated carbocycles. The van der Waals surface area contributed by atoms with Crippen molar-refractivity contribution in [2.45, 2.75) is 58.6 Å². The van der Waals surface area contributed by atoms with Gasteiger partial charge in [0.15, 0.2) is 0 Å². The van der Waals surface area contributed by atoms with Crippen LogP contribution in [-0.2, 0) is 23.1 Å². The Hall–Kier alpha value is -2.60. The molecule has 0 unspecified atom stereocenters. The first kappa shape index (κ1) is 22.1. The monoisotopic (exact) mass is 412 g/mol. The number of ether oxygens (including phenoxy) is 2. The van der Waals surface area contributed by atoms with Crippen LogP contribution in [0.25, 0.3) is 0 Å². The summed E-state index contributed by atoms with van der Waals surface area (Å²) >= 11 is 0. The molecule has 30 heavy (non-hydrogen) atoms. The Kier molecular flexibility index (Phi) is 6.66. The smallest absolute Gasteiger partial charge is 0.261 e. The maximum atomic E-state index is 13.3. The molecule has 1 N–H and O–H groups in total. The van der Waals surface area contributed by atoms with E-state index in [1.807, 2.05) is 45.9 Å². The first-order chi connectivity index (χ1) is 14.2. The van der Waals surface area contributed by atoms with E-state index in [-0.39, 0.29) is 28.5 Å². The molecule has 1 aromatic heterocycles. The van der Waals surface area contributed by atoms with Crippen LogP contribution in [-0.4, -0.2) is 42.2 Å². The molecule has 0 fully saturated rings. The van der Waals surface area contributed by atoms with Crippen molar-refractivity contribution in [3.8, 4) is 5.75 Å². The third kappa shape index (κ3) is 5.11. The quantitative estimate of drug-likeness (QED) is 0.705. The summed E-state index contributed by atoms with van der Waals surface area (Å²) < 4.78 is 10.9. The number of H-pyrrole nitrogens is 1. The summed E-state index contributed by atoms with van der Waals surface area (Å²) in [5.74, 6) is 0.649. The fourth-order valence-electron chi connectivity index (χ4n) is 3.70. The molecule has 6 heteroatoms. The summed E-state index contributed by atoms with van der Waals surface area (Å²) in [6.07, 6.45) is 1.75. The second-order valence-electron chi connectivity index (χ2n) is 9.01. The average molecular weight is 413 g/mol. The zero-order valence-corrected chi connectivity index (χ0v) is 18.6. The summed E-state index contributed by atoms with van der Waals surface area (Å²) in [5, 5.41) is 0. The lowest BCUT2D eigenvalue weighted by Crippen LogP contribution is -2.36. The van der Waals surface area contributed by atoms with E-state index in [1.54, 1.807) is 18.1 Å². The van der Waals surface area contributed by atoms with Crippen LogP contribution in [0.15, 0.2) is 35.1 Å². The summed E-state index contributed by atoms with van der Waals surface area (Å²) in [6, 6.07) is 9.53. The molecule has 1 aliphatic heterocycles. The number of amides is 1. The van der Waals surface area contributed by atoms with E-state index >= 15 is 0 Å². The maximum absolute atomic E-state index is 13.3. The first-order valence-corrected chi connectivity index (χ1v) is 10.5. The molecule has 1 amide bonds. The Labute approximate surface area is 178 Å². The number of carbonyl (C=O) groups excluding carboxylic acids is 1. The van der Waals surface area contributed by atoms with E-state index in [9.17, 15) is 9.59 Å². The van der Waals surface area contributed by atoms with Crippen molar-refractivity contribution in [1.82, 2.24) is 9.88 Å². The van der Waals surface area contributed by atoms with Gasteiger partial charge in [-0.05, 0) is 42.7 Å². The molecule has 0 radical (unpaired) electrons.